The van der Waals surface area contributed by atoms with E-state index in [0.717, 1.165) is 49.7 Å². The Bertz CT molecular complexity index is 1850. The lowest BCUT2D eigenvalue weighted by molar-refractivity contribution is -0.380. The number of hydrogen-bond acceptors (Lipinski definition) is 7. The molecular weight excluding hydrogens is 642 g/mol. The van der Waals surface area contributed by atoms with E-state index in [1.807, 2.05) is 36.4 Å². The van der Waals surface area contributed by atoms with E-state index in [1.165, 1.54) is 41.5 Å². The van der Waals surface area contributed by atoms with Crippen LogP contribution < -0.4 is 26.1 Å². The zero-order chi connectivity index (χ0) is 35.3. The zero-order valence-electron chi connectivity index (χ0n) is 29.1. The van der Waals surface area contributed by atoms with E-state index in [4.69, 9.17) is 15.2 Å². The highest BCUT2D eigenvalue weighted by Crippen LogP contribution is 2.44. The van der Waals surface area contributed by atoms with Crippen LogP contribution >= 0.6 is 0 Å². The number of aromatic nitrogens is 4. The van der Waals surface area contributed by atoms with Crippen LogP contribution in [0.5, 0.6) is 5.88 Å². The molecular formula is C40H48N7O4+. The summed E-state index contributed by atoms with van der Waals surface area (Å²) in [4.78, 5) is 38.9. The summed E-state index contributed by atoms with van der Waals surface area (Å²) in [5.41, 5.74) is 13.9. The van der Waals surface area contributed by atoms with E-state index in [2.05, 4.69) is 67.0 Å². The van der Waals surface area contributed by atoms with Crippen molar-refractivity contribution in [3.8, 4) is 17.0 Å². The topological polar surface area (TPSA) is 158 Å². The number of carbonyl (C=O) groups is 2. The van der Waals surface area contributed by atoms with Crippen molar-refractivity contribution >= 4 is 29.1 Å². The SMILES string of the molecule is Nc1nc2nc[nH]c2c(OCc2ccc(CNC(=O)CCCCCCCCCCCNC(=O)OCC3c4ccccc4-c4ccccc43)cc2)[nH+]1. The largest absolute Gasteiger partial charge is 0.461 e. The monoisotopic (exact) mass is 690 g/mol. The van der Waals surface area contributed by atoms with Gasteiger partial charge in [0.1, 0.15) is 13.2 Å². The molecule has 1 aliphatic carbocycles. The van der Waals surface area contributed by atoms with Crippen molar-refractivity contribution in [2.24, 2.45) is 0 Å². The molecule has 5 aromatic rings. The van der Waals surface area contributed by atoms with Crippen molar-refractivity contribution < 1.29 is 24.0 Å². The number of benzene rings is 3. The number of amides is 2. The smallest absolute Gasteiger partial charge is 0.407 e. The summed E-state index contributed by atoms with van der Waals surface area (Å²) >= 11 is 0. The van der Waals surface area contributed by atoms with E-state index < -0.39 is 0 Å². The number of imidazole rings is 1. The van der Waals surface area contributed by atoms with Crippen LogP contribution in [0.3, 0.4) is 0 Å². The summed E-state index contributed by atoms with van der Waals surface area (Å²) in [5.74, 6) is 0.890. The van der Waals surface area contributed by atoms with Crippen molar-refractivity contribution in [1.29, 1.82) is 0 Å². The summed E-state index contributed by atoms with van der Waals surface area (Å²) in [7, 11) is 0. The van der Waals surface area contributed by atoms with E-state index in [9.17, 15) is 9.59 Å². The van der Waals surface area contributed by atoms with Crippen molar-refractivity contribution in [2.45, 2.75) is 83.3 Å². The number of nitrogen functional groups attached to an aromatic ring is 1. The number of nitrogens with two attached hydrogens (primary N) is 1. The molecule has 0 fully saturated rings. The van der Waals surface area contributed by atoms with Crippen molar-refractivity contribution in [2.75, 3.05) is 18.9 Å². The van der Waals surface area contributed by atoms with Crippen molar-refractivity contribution in [3.05, 3.63) is 101 Å². The molecule has 2 heterocycles. The van der Waals surface area contributed by atoms with Gasteiger partial charge < -0.3 is 25.1 Å². The minimum Gasteiger partial charge on any atom is -0.461 e. The first-order valence-corrected chi connectivity index (χ1v) is 18.1. The average molecular weight is 691 g/mol. The summed E-state index contributed by atoms with van der Waals surface area (Å²) in [6.07, 6.45) is 11.7. The summed E-state index contributed by atoms with van der Waals surface area (Å²) < 4.78 is 11.5. The Labute approximate surface area is 298 Å². The fourth-order valence-corrected chi connectivity index (χ4v) is 6.65. The number of alkyl carbamates (subject to hydrolysis) is 1. The second-order valence-electron chi connectivity index (χ2n) is 13.1. The zero-order valence-corrected chi connectivity index (χ0v) is 29.1. The standard InChI is InChI=1S/C40H47N7O4/c41-39-46-37-36(44-27-45-37)38(47-39)50-25-29-21-19-28(20-22-29)24-43-35(48)18-8-6-4-2-1-3-5-7-13-23-42-40(49)51-26-34-32-16-11-9-14-30(32)31-15-10-12-17-33(31)34/h9-12,14-17,19-22,27,34H,1-8,13,18,23-26H2,(H,42,49)(H,43,48)(H3,41,44,45,46,47)/p+1. The fourth-order valence-electron chi connectivity index (χ4n) is 6.65. The molecule has 1 aliphatic rings. The van der Waals surface area contributed by atoms with Gasteiger partial charge in [-0.2, -0.15) is 0 Å². The number of nitrogens with one attached hydrogen (secondary N) is 4. The lowest BCUT2D eigenvalue weighted by atomic mass is 9.98. The fraction of sp³-hybridized carbons (Fsp3) is 0.375. The third-order valence-electron chi connectivity index (χ3n) is 9.40. The van der Waals surface area contributed by atoms with Gasteiger partial charge in [0.15, 0.2) is 5.52 Å². The van der Waals surface area contributed by atoms with Crippen LogP contribution in [0.4, 0.5) is 10.7 Å². The Morgan fingerprint density at radius 2 is 1.41 bits per heavy atom. The molecule has 6 rings (SSSR count). The normalized spacial score (nSPS) is 12.0. The quantitative estimate of drug-likeness (QED) is 0.0680. The van der Waals surface area contributed by atoms with Crippen LogP contribution in [0.1, 0.15) is 92.4 Å². The maximum Gasteiger partial charge on any atom is 0.407 e. The Morgan fingerprint density at radius 1 is 0.784 bits per heavy atom. The minimum absolute atomic E-state index is 0.0812. The molecule has 2 aromatic heterocycles. The Morgan fingerprint density at radius 3 is 2.12 bits per heavy atom. The molecule has 0 spiro atoms. The molecule has 3 aromatic carbocycles. The maximum absolute atomic E-state index is 12.4. The number of aromatic amines is 2. The predicted octanol–water partition coefficient (Wildman–Crippen LogP) is 6.99. The van der Waals surface area contributed by atoms with Gasteiger partial charge >= 0.3 is 12.0 Å². The number of fused-ring (bicyclic) bond motifs is 4. The number of unbranched alkanes of at least 4 members (excludes halogenated alkanes) is 8. The van der Waals surface area contributed by atoms with E-state index in [1.54, 1.807) is 6.33 Å². The lowest BCUT2D eigenvalue weighted by Gasteiger charge is -2.14. The Hall–Kier alpha value is -5.45. The molecule has 0 saturated heterocycles. The number of H-pyrrole nitrogens is 2. The molecule has 0 unspecified atom stereocenters. The van der Waals surface area contributed by atoms with Gasteiger partial charge in [0.25, 0.3) is 11.5 Å². The lowest BCUT2D eigenvalue weighted by Crippen LogP contribution is -2.27. The van der Waals surface area contributed by atoms with Crippen LogP contribution in [0.15, 0.2) is 79.1 Å². The van der Waals surface area contributed by atoms with E-state index >= 15 is 0 Å². The number of rotatable bonds is 19. The molecule has 11 nitrogen and oxygen atoms in total. The molecule has 0 aliphatic heterocycles. The van der Waals surface area contributed by atoms with Gasteiger partial charge in [-0.3, -0.25) is 10.5 Å². The second kappa shape index (κ2) is 18.0. The predicted molar refractivity (Wildman–Crippen MR) is 197 cm³/mol. The summed E-state index contributed by atoms with van der Waals surface area (Å²) in [5, 5.41) is 5.95. The molecule has 2 amide bonds. The first kappa shape index (κ1) is 35.4. The first-order chi connectivity index (χ1) is 25.0. The highest BCUT2D eigenvalue weighted by Gasteiger charge is 2.29. The number of hydrogen-bond donors (Lipinski definition) is 4. The van der Waals surface area contributed by atoms with Gasteiger partial charge in [-0.1, -0.05) is 118 Å². The maximum atomic E-state index is 12.4. The van der Waals surface area contributed by atoms with Gasteiger partial charge in [0.05, 0.1) is 6.33 Å². The molecule has 0 bridgehead atoms. The van der Waals surface area contributed by atoms with Crippen LogP contribution in [0.25, 0.3) is 22.3 Å². The third-order valence-corrected chi connectivity index (χ3v) is 9.40. The number of carbonyl (C=O) groups excluding carboxylic acids is 2. The molecule has 0 atom stereocenters. The average Bonchev–Trinajstić information content (AvgIpc) is 3.75. The highest BCUT2D eigenvalue weighted by atomic mass is 16.5. The van der Waals surface area contributed by atoms with Gasteiger partial charge in [0.2, 0.25) is 5.91 Å². The molecule has 51 heavy (non-hydrogen) atoms. The Kier molecular flexibility index (Phi) is 12.5. The van der Waals surface area contributed by atoms with E-state index in [0.29, 0.717) is 49.8 Å². The summed E-state index contributed by atoms with van der Waals surface area (Å²) in [6, 6.07) is 24.7. The van der Waals surface area contributed by atoms with Gasteiger partial charge in [-0.15, -0.1) is 0 Å². The number of anilines is 1. The second-order valence-corrected chi connectivity index (χ2v) is 13.1. The van der Waals surface area contributed by atoms with Gasteiger partial charge in [-0.05, 0) is 51.2 Å². The van der Waals surface area contributed by atoms with Crippen molar-refractivity contribution in [3.63, 3.8) is 0 Å². The molecule has 11 heteroatoms. The Balaban J connectivity index is 0.741. The minimum atomic E-state index is -0.341. The molecule has 266 valence electrons. The first-order valence-electron chi connectivity index (χ1n) is 18.1. The van der Waals surface area contributed by atoms with E-state index in [-0.39, 0.29) is 23.9 Å². The van der Waals surface area contributed by atoms with Crippen LogP contribution in [0.2, 0.25) is 0 Å². The molecule has 0 saturated carbocycles. The third kappa shape index (κ3) is 9.84. The number of ether oxygens (including phenoxy) is 2. The number of nitrogens with zero attached hydrogens (tertiary/aromatic N) is 2. The van der Waals surface area contributed by atoms with Crippen LogP contribution in [-0.2, 0) is 22.7 Å². The molecule has 6 N–H and O–H groups in total. The molecule has 0 radical (unpaired) electrons. The van der Waals surface area contributed by atoms with Gasteiger partial charge in [0, 0.05) is 25.4 Å². The summed E-state index contributed by atoms with van der Waals surface area (Å²) in [6.45, 7) is 1.84. The van der Waals surface area contributed by atoms with Crippen molar-refractivity contribution in [1.82, 2.24) is 25.6 Å². The highest BCUT2D eigenvalue weighted by molar-refractivity contribution is 5.79. The van der Waals surface area contributed by atoms with Gasteiger partial charge in [-0.25, -0.2) is 14.8 Å². The van der Waals surface area contributed by atoms with Crippen LogP contribution in [0, 0.1) is 0 Å². The van der Waals surface area contributed by atoms with Crippen LogP contribution in [-0.4, -0.2) is 40.1 Å².